The fraction of sp³-hybridized carbons (Fsp3) is 0.375. The van der Waals surface area contributed by atoms with E-state index in [4.69, 9.17) is 14.2 Å². The molecule has 1 aromatic rings. The van der Waals surface area contributed by atoms with Crippen molar-refractivity contribution in [3.8, 4) is 0 Å². The van der Waals surface area contributed by atoms with Crippen LogP contribution in [0.3, 0.4) is 0 Å². The summed E-state index contributed by atoms with van der Waals surface area (Å²) in [4.78, 5) is 26.2. The molecule has 1 heterocycles. The zero-order valence-corrected chi connectivity index (χ0v) is 14.5. The predicted molar refractivity (Wildman–Crippen MR) is 87.5 cm³/mol. The predicted octanol–water partition coefficient (Wildman–Crippen LogP) is 2.44. The maximum Gasteiger partial charge on any atom is 0.355 e. The number of benzene rings is 1. The molecule has 9 heteroatoms. The second kappa shape index (κ2) is 8.82. The molecular weight excluding hydrogens is 356 g/mol. The number of hydrogen-bond donors (Lipinski definition) is 0. The molecule has 0 amide bonds. The van der Waals surface area contributed by atoms with Gasteiger partial charge in [-0.2, -0.15) is 0 Å². The second-order valence-corrected chi connectivity index (χ2v) is 5.95. The van der Waals surface area contributed by atoms with Crippen LogP contribution in [-0.2, 0) is 23.8 Å². The fourth-order valence-electron chi connectivity index (χ4n) is 2.29. The first-order valence-electron chi connectivity index (χ1n) is 7.24. The number of thioether (sulfide) groups is 1. The number of carbonyl (C=O) groups is 2. The van der Waals surface area contributed by atoms with E-state index in [0.717, 1.165) is 11.8 Å². The number of methoxy groups -OCH3 is 2. The summed E-state index contributed by atoms with van der Waals surface area (Å²) in [6.45, 7) is -0.142. The Morgan fingerprint density at radius 1 is 1.24 bits per heavy atom. The van der Waals surface area contributed by atoms with E-state index in [1.54, 1.807) is 24.3 Å². The molecule has 2 rings (SSSR count). The summed E-state index contributed by atoms with van der Waals surface area (Å²) in [6, 6.07) is 6.71. The number of para-hydroxylation sites is 1. The van der Waals surface area contributed by atoms with Gasteiger partial charge >= 0.3 is 11.9 Å². The minimum absolute atomic E-state index is 0.00858. The van der Waals surface area contributed by atoms with Crippen LogP contribution in [0.25, 0.3) is 0 Å². The fourth-order valence-corrected chi connectivity index (χ4v) is 3.10. The smallest absolute Gasteiger partial charge is 0.355 e. The van der Waals surface area contributed by atoms with Crippen LogP contribution in [0.1, 0.15) is 0 Å². The number of ether oxygens (including phenoxy) is 3. The Kier molecular flexibility index (Phi) is 6.77. The third-order valence-electron chi connectivity index (χ3n) is 3.35. The molecule has 1 aliphatic heterocycles. The molecule has 0 N–H and O–H groups in total. The zero-order chi connectivity index (χ0) is 18.4. The Bertz CT molecular complexity index is 680. The van der Waals surface area contributed by atoms with E-state index < -0.39 is 24.1 Å². The summed E-state index contributed by atoms with van der Waals surface area (Å²) in [7, 11) is 2.38. The Hall–Kier alpha value is -2.13. The molecule has 1 aliphatic rings. The van der Waals surface area contributed by atoms with Crippen LogP contribution in [0.5, 0.6) is 0 Å². The van der Waals surface area contributed by atoms with Gasteiger partial charge in [0.05, 0.1) is 37.8 Å². The summed E-state index contributed by atoms with van der Waals surface area (Å²) >= 11 is 0.947. The molecule has 0 unspecified atom stereocenters. The van der Waals surface area contributed by atoms with Crippen molar-refractivity contribution >= 4 is 29.4 Å². The van der Waals surface area contributed by atoms with Gasteiger partial charge in [-0.1, -0.05) is 12.1 Å². The van der Waals surface area contributed by atoms with Crippen molar-refractivity contribution in [2.45, 2.75) is 11.3 Å². The minimum Gasteiger partial charge on any atom is -0.466 e. The van der Waals surface area contributed by atoms with Gasteiger partial charge in [-0.3, -0.25) is 0 Å². The highest BCUT2D eigenvalue weighted by atomic mass is 32.2. The van der Waals surface area contributed by atoms with Gasteiger partial charge < -0.3 is 19.1 Å². The average Bonchev–Trinajstić information content (AvgIpc) is 2.64. The van der Waals surface area contributed by atoms with Gasteiger partial charge in [0.15, 0.2) is 0 Å². The van der Waals surface area contributed by atoms with E-state index in [9.17, 15) is 18.4 Å². The van der Waals surface area contributed by atoms with Crippen LogP contribution >= 0.6 is 11.8 Å². The SMILES string of the molecule is COC(=O)C1=C(C(=O)OC)N(c2ccccc2SCC(F)F)COC1. The quantitative estimate of drug-likeness (QED) is 0.560. The third kappa shape index (κ3) is 4.49. The normalized spacial score (nSPS) is 14.7. The summed E-state index contributed by atoms with van der Waals surface area (Å²) < 4.78 is 40.0. The lowest BCUT2D eigenvalue weighted by Gasteiger charge is -2.32. The number of nitrogens with zero attached hydrogens (tertiary/aromatic N) is 1. The van der Waals surface area contributed by atoms with Gasteiger partial charge in [-0.25, -0.2) is 18.4 Å². The van der Waals surface area contributed by atoms with Crippen LogP contribution in [0, 0.1) is 0 Å². The molecule has 0 saturated carbocycles. The topological polar surface area (TPSA) is 65.1 Å². The molecule has 25 heavy (non-hydrogen) atoms. The lowest BCUT2D eigenvalue weighted by Crippen LogP contribution is -2.39. The van der Waals surface area contributed by atoms with E-state index in [0.29, 0.717) is 10.6 Å². The van der Waals surface area contributed by atoms with Crippen molar-refractivity contribution in [1.29, 1.82) is 0 Å². The molecule has 136 valence electrons. The zero-order valence-electron chi connectivity index (χ0n) is 13.7. The summed E-state index contributed by atoms with van der Waals surface area (Å²) in [5, 5.41) is 0. The number of esters is 2. The van der Waals surface area contributed by atoms with Gasteiger partial charge in [-0.05, 0) is 12.1 Å². The van der Waals surface area contributed by atoms with Crippen molar-refractivity contribution in [2.24, 2.45) is 0 Å². The third-order valence-corrected chi connectivity index (χ3v) is 4.43. The first-order valence-corrected chi connectivity index (χ1v) is 8.23. The Morgan fingerprint density at radius 2 is 1.92 bits per heavy atom. The largest absolute Gasteiger partial charge is 0.466 e. The van der Waals surface area contributed by atoms with Crippen molar-refractivity contribution < 1.29 is 32.6 Å². The summed E-state index contributed by atoms with van der Waals surface area (Å²) in [5.74, 6) is -1.85. The van der Waals surface area contributed by atoms with Crippen molar-refractivity contribution in [2.75, 3.05) is 38.2 Å². The van der Waals surface area contributed by atoms with Gasteiger partial charge in [0, 0.05) is 4.90 Å². The maximum atomic E-state index is 12.6. The van der Waals surface area contributed by atoms with Gasteiger partial charge in [-0.15, -0.1) is 11.8 Å². The standard InChI is InChI=1S/C16H17F2NO5S/c1-22-15(20)10-7-24-9-19(14(10)16(21)23-2)11-5-3-4-6-12(11)25-8-13(17)18/h3-6,13H,7-9H2,1-2H3. The first kappa shape index (κ1) is 19.2. The first-order chi connectivity index (χ1) is 12.0. The minimum atomic E-state index is -2.48. The number of halogens is 2. The van der Waals surface area contributed by atoms with E-state index in [1.165, 1.54) is 19.1 Å². The highest BCUT2D eigenvalue weighted by Gasteiger charge is 2.33. The molecule has 0 fully saturated rings. The van der Waals surface area contributed by atoms with Crippen molar-refractivity contribution in [1.82, 2.24) is 0 Å². The van der Waals surface area contributed by atoms with Crippen LogP contribution in [0.2, 0.25) is 0 Å². The molecule has 0 bridgehead atoms. The van der Waals surface area contributed by atoms with Gasteiger partial charge in [0.2, 0.25) is 6.43 Å². The van der Waals surface area contributed by atoms with E-state index in [-0.39, 0.29) is 24.6 Å². The highest BCUT2D eigenvalue weighted by Crippen LogP contribution is 2.35. The van der Waals surface area contributed by atoms with E-state index >= 15 is 0 Å². The van der Waals surface area contributed by atoms with Gasteiger partial charge in [0.25, 0.3) is 0 Å². The molecule has 0 radical (unpaired) electrons. The monoisotopic (exact) mass is 373 g/mol. The van der Waals surface area contributed by atoms with Crippen LogP contribution in [0.15, 0.2) is 40.4 Å². The average molecular weight is 373 g/mol. The molecule has 1 aromatic carbocycles. The van der Waals surface area contributed by atoms with Crippen LogP contribution in [-0.4, -0.2) is 51.7 Å². The molecule has 0 aliphatic carbocycles. The van der Waals surface area contributed by atoms with Crippen molar-refractivity contribution in [3.63, 3.8) is 0 Å². The number of hydrogen-bond acceptors (Lipinski definition) is 7. The maximum absolute atomic E-state index is 12.6. The Labute approximate surface area is 147 Å². The summed E-state index contributed by atoms with van der Waals surface area (Å²) in [6.07, 6.45) is -2.48. The number of carbonyl (C=O) groups excluding carboxylic acids is 2. The second-order valence-electron chi connectivity index (χ2n) is 4.89. The van der Waals surface area contributed by atoms with Crippen LogP contribution in [0.4, 0.5) is 14.5 Å². The molecule has 0 aromatic heterocycles. The highest BCUT2D eigenvalue weighted by molar-refractivity contribution is 7.99. The lowest BCUT2D eigenvalue weighted by molar-refractivity contribution is -0.140. The number of rotatable bonds is 6. The Morgan fingerprint density at radius 3 is 2.56 bits per heavy atom. The number of alkyl halides is 2. The summed E-state index contributed by atoms with van der Waals surface area (Å²) in [5.41, 5.74) is 0.453. The van der Waals surface area contributed by atoms with Crippen molar-refractivity contribution in [3.05, 3.63) is 35.5 Å². The van der Waals surface area contributed by atoms with E-state index in [1.807, 2.05) is 0 Å². The molecular formula is C16H17F2NO5S. The van der Waals surface area contributed by atoms with Crippen LogP contribution < -0.4 is 4.90 Å². The number of anilines is 1. The van der Waals surface area contributed by atoms with E-state index in [2.05, 4.69) is 0 Å². The molecule has 0 saturated heterocycles. The molecule has 0 spiro atoms. The molecule has 6 nitrogen and oxygen atoms in total. The lowest BCUT2D eigenvalue weighted by atomic mass is 10.1. The Balaban J connectivity index is 2.49. The molecule has 0 atom stereocenters. The van der Waals surface area contributed by atoms with Gasteiger partial charge in [0.1, 0.15) is 12.4 Å².